The minimum absolute atomic E-state index is 0.0739. The maximum absolute atomic E-state index is 16.6. The zero-order valence-corrected chi connectivity index (χ0v) is 39.4. The molecule has 0 aliphatic carbocycles. The molecule has 4 N–H and O–H groups in total. The van der Waals surface area contributed by atoms with Crippen molar-refractivity contribution in [1.82, 2.24) is 15.5 Å². The van der Waals surface area contributed by atoms with E-state index in [4.69, 9.17) is 14.2 Å². The van der Waals surface area contributed by atoms with E-state index in [1.165, 1.54) is 19.2 Å². The van der Waals surface area contributed by atoms with Gasteiger partial charge in [0.25, 0.3) is 0 Å². The van der Waals surface area contributed by atoms with E-state index in [0.29, 0.717) is 39.1 Å². The number of aliphatic hydroxyl groups is 1. The number of anilines is 1. The molecule has 6 aromatic rings. The number of carbonyl (C=O) groups excluding carboxylic acids is 5. The van der Waals surface area contributed by atoms with Crippen molar-refractivity contribution in [3.8, 4) is 23.3 Å². The van der Waals surface area contributed by atoms with Gasteiger partial charge in [0, 0.05) is 17.7 Å². The number of aliphatic hydroxyl groups excluding tert-OH is 1. The number of cyclic esters (lactones) is 1. The molecule has 3 aliphatic rings. The first-order valence-corrected chi connectivity index (χ1v) is 23.3. The fourth-order valence-corrected chi connectivity index (χ4v) is 10.4. The van der Waals surface area contributed by atoms with Gasteiger partial charge in [0.2, 0.25) is 11.8 Å². The fraction of sp³-hybridized carbons (Fsp3) is 0.246. The maximum Gasteiger partial charge on any atom is 0.329 e. The van der Waals surface area contributed by atoms with Crippen LogP contribution in [0.4, 0.5) is 10.5 Å². The van der Waals surface area contributed by atoms with E-state index in [9.17, 15) is 15.0 Å². The van der Waals surface area contributed by atoms with Gasteiger partial charge in [0.05, 0.1) is 44.0 Å². The van der Waals surface area contributed by atoms with E-state index in [2.05, 4.69) is 22.5 Å². The highest BCUT2D eigenvalue weighted by atomic mass is 16.6. The molecule has 14 heteroatoms. The highest BCUT2D eigenvalue weighted by Gasteiger charge is 2.75. The number of amides is 4. The number of fused-ring (bicyclic) bond motifs is 3. The van der Waals surface area contributed by atoms with Crippen LogP contribution < -0.4 is 20.3 Å². The highest BCUT2D eigenvalue weighted by Crippen LogP contribution is 2.66. The number of nitrogens with zero attached hydrogens (tertiary/aromatic N) is 2. The van der Waals surface area contributed by atoms with E-state index in [-0.39, 0.29) is 23.5 Å². The molecule has 3 aliphatic heterocycles. The zero-order valence-electron chi connectivity index (χ0n) is 39.4. The Morgan fingerprint density at radius 2 is 1.35 bits per heavy atom. The molecule has 6 aromatic carbocycles. The van der Waals surface area contributed by atoms with Gasteiger partial charge in [-0.25, -0.2) is 14.5 Å². The molecule has 1 spiro atoms. The topological polar surface area (TPSA) is 184 Å². The fourth-order valence-electron chi connectivity index (χ4n) is 10.4. The van der Waals surface area contributed by atoms with Gasteiger partial charge in [-0.05, 0) is 88.3 Å². The minimum Gasteiger partial charge on any atom is -0.508 e. The van der Waals surface area contributed by atoms with Crippen LogP contribution in [-0.4, -0.2) is 77.7 Å². The summed E-state index contributed by atoms with van der Waals surface area (Å²) in [6.45, 7) is 3.12. The average Bonchev–Trinajstić information content (AvgIpc) is 3.85. The molecule has 8 unspecified atom stereocenters. The van der Waals surface area contributed by atoms with Crippen molar-refractivity contribution in [3.63, 3.8) is 0 Å². The average molecular weight is 953 g/mol. The number of esters is 2. The number of phenolic OH excluding ortho intramolecular Hbond substituents is 1. The Balaban J connectivity index is 1.33. The lowest BCUT2D eigenvalue weighted by atomic mass is 9.65. The summed E-state index contributed by atoms with van der Waals surface area (Å²) in [6.07, 6.45) is -2.18. The van der Waals surface area contributed by atoms with Crippen LogP contribution in [0.25, 0.3) is 0 Å². The smallest absolute Gasteiger partial charge is 0.329 e. The molecule has 3 heterocycles. The standard InChI is InChI=1S/C57H52N4O10/c1-34(2)47(53(65)70-4)59-56(68)60-44-31-24-36(21-20-35-22-29-42(69-3)30-23-35)32-43(44)57(55(60)67)46(52(64)58-33-45(63)37-14-8-5-9-15-37)49-54(66)71-50(39-18-12-7-13-19-39)48(38-16-10-6-11-17-38)61(49)51(57)40-25-27-41(62)28-26-40/h5-19,22-32,34,45-51,62-63H,33H2,1-4H3,(H,58,64)(H,59,68). The Kier molecular flexibility index (Phi) is 13.5. The molecule has 360 valence electrons. The molecule has 71 heavy (non-hydrogen) atoms. The normalized spacial score (nSPS) is 22.1. The molecule has 2 fully saturated rings. The molecule has 0 saturated carbocycles. The summed E-state index contributed by atoms with van der Waals surface area (Å²) in [4.78, 5) is 78.8. The summed E-state index contributed by atoms with van der Waals surface area (Å²) >= 11 is 0. The second-order valence-electron chi connectivity index (χ2n) is 18.1. The monoisotopic (exact) mass is 952 g/mol. The number of ether oxygens (including phenoxy) is 3. The minimum atomic E-state index is -2.18. The molecule has 0 radical (unpaired) electrons. The second kappa shape index (κ2) is 20.0. The molecule has 9 rings (SSSR count). The predicted octanol–water partition coefficient (Wildman–Crippen LogP) is 7.22. The lowest BCUT2D eigenvalue weighted by molar-refractivity contribution is -0.178. The number of morpholine rings is 1. The van der Waals surface area contributed by atoms with Crippen molar-refractivity contribution >= 4 is 35.5 Å². The number of benzene rings is 6. The SMILES string of the molecule is COC(=O)C(NC(=O)N1C(=O)C2(c3cc(C#Cc4ccc(OC)cc4)ccc31)C(C(=O)NCC(O)c1ccccc1)C1C(=O)OC(c3ccccc3)C(c3ccccc3)N1C2c1ccc(O)cc1)C(C)C. The number of urea groups is 1. The molecule has 0 bridgehead atoms. The number of rotatable bonds is 11. The Hall–Kier alpha value is -8.25. The quantitative estimate of drug-likeness (QED) is 0.0760. The van der Waals surface area contributed by atoms with Gasteiger partial charge in [-0.3, -0.25) is 19.3 Å². The van der Waals surface area contributed by atoms with Crippen LogP contribution in [0.1, 0.15) is 77.1 Å². The predicted molar refractivity (Wildman–Crippen MR) is 263 cm³/mol. The second-order valence-corrected chi connectivity index (χ2v) is 18.1. The number of methoxy groups -OCH3 is 2. The molecule has 8 atom stereocenters. The molecular formula is C57H52N4O10. The lowest BCUT2D eigenvalue weighted by Crippen LogP contribution is -2.58. The van der Waals surface area contributed by atoms with Gasteiger partial charge in [-0.2, -0.15) is 0 Å². The highest BCUT2D eigenvalue weighted by molar-refractivity contribution is 6.25. The number of phenols is 1. The van der Waals surface area contributed by atoms with Gasteiger partial charge in [-0.1, -0.05) is 129 Å². The first kappa shape index (κ1) is 47.8. The summed E-state index contributed by atoms with van der Waals surface area (Å²) in [5.74, 6) is 1.55. The van der Waals surface area contributed by atoms with Crippen LogP contribution in [0, 0.1) is 23.7 Å². The Morgan fingerprint density at radius 3 is 1.97 bits per heavy atom. The summed E-state index contributed by atoms with van der Waals surface area (Å²) in [5.41, 5.74) is 1.40. The number of aromatic hydroxyl groups is 1. The molecule has 0 aromatic heterocycles. The lowest BCUT2D eigenvalue weighted by Gasteiger charge is -2.46. The Labute approximate surface area is 411 Å². The van der Waals surface area contributed by atoms with Crippen molar-refractivity contribution in [3.05, 3.63) is 197 Å². The third-order valence-corrected chi connectivity index (χ3v) is 13.6. The van der Waals surface area contributed by atoms with Crippen LogP contribution in [0.15, 0.2) is 158 Å². The number of hydrogen-bond donors (Lipinski definition) is 4. The van der Waals surface area contributed by atoms with Crippen molar-refractivity contribution in [1.29, 1.82) is 0 Å². The van der Waals surface area contributed by atoms with Crippen LogP contribution in [0.5, 0.6) is 11.5 Å². The molecule has 2 saturated heterocycles. The molecule has 4 amide bonds. The maximum atomic E-state index is 16.6. The number of nitrogens with one attached hydrogen (secondary N) is 2. The van der Waals surface area contributed by atoms with E-state index in [0.717, 1.165) is 4.90 Å². The van der Waals surface area contributed by atoms with E-state index in [1.54, 1.807) is 106 Å². The molecular weight excluding hydrogens is 901 g/mol. The number of imide groups is 1. The van der Waals surface area contributed by atoms with Crippen LogP contribution >= 0.6 is 0 Å². The van der Waals surface area contributed by atoms with Gasteiger partial charge in [0.1, 0.15) is 35.1 Å². The first-order chi connectivity index (χ1) is 34.4. The van der Waals surface area contributed by atoms with Gasteiger partial charge >= 0.3 is 18.0 Å². The van der Waals surface area contributed by atoms with Gasteiger partial charge in [0.15, 0.2) is 0 Å². The largest absolute Gasteiger partial charge is 0.508 e. The number of carbonyl (C=O) groups is 5. The molecule has 14 nitrogen and oxygen atoms in total. The van der Waals surface area contributed by atoms with E-state index in [1.807, 2.05) is 65.6 Å². The zero-order chi connectivity index (χ0) is 50.0. The van der Waals surface area contributed by atoms with Gasteiger partial charge < -0.3 is 35.1 Å². The van der Waals surface area contributed by atoms with Crippen LogP contribution in [0.3, 0.4) is 0 Å². The Bertz CT molecular complexity index is 3010. The van der Waals surface area contributed by atoms with Crippen LogP contribution in [0.2, 0.25) is 0 Å². The van der Waals surface area contributed by atoms with Crippen LogP contribution in [-0.2, 0) is 34.1 Å². The van der Waals surface area contributed by atoms with Gasteiger partial charge in [-0.15, -0.1) is 0 Å². The first-order valence-electron chi connectivity index (χ1n) is 23.3. The Morgan fingerprint density at radius 1 is 0.746 bits per heavy atom. The van der Waals surface area contributed by atoms with Crippen molar-refractivity contribution in [2.75, 3.05) is 25.7 Å². The summed E-state index contributed by atoms with van der Waals surface area (Å²) in [6, 6.07) is 39.6. The van der Waals surface area contributed by atoms with Crippen molar-refractivity contribution in [2.24, 2.45) is 11.8 Å². The third-order valence-electron chi connectivity index (χ3n) is 13.6. The summed E-state index contributed by atoms with van der Waals surface area (Å²) in [5, 5.41) is 27.9. The van der Waals surface area contributed by atoms with Crippen molar-refractivity contribution in [2.45, 2.75) is 55.6 Å². The third kappa shape index (κ3) is 8.75. The number of hydrogen-bond acceptors (Lipinski definition) is 11. The van der Waals surface area contributed by atoms with E-state index >= 15 is 19.2 Å². The summed E-state index contributed by atoms with van der Waals surface area (Å²) in [7, 11) is 2.76. The summed E-state index contributed by atoms with van der Waals surface area (Å²) < 4.78 is 17.0. The van der Waals surface area contributed by atoms with E-state index < -0.39 is 83.4 Å². The van der Waals surface area contributed by atoms with Crippen molar-refractivity contribution < 1.29 is 48.4 Å².